The second-order valence-corrected chi connectivity index (χ2v) is 12.6. The van der Waals surface area contributed by atoms with Gasteiger partial charge in [0.25, 0.3) is 0 Å². The summed E-state index contributed by atoms with van der Waals surface area (Å²) in [5.41, 5.74) is -0.129. The summed E-state index contributed by atoms with van der Waals surface area (Å²) in [6.07, 6.45) is 24.1. The molecule has 0 radical (unpaired) electrons. The maximum atomic E-state index is 12.1. The average Bonchev–Trinajstić information content (AvgIpc) is 2.85. The number of unbranched alkanes of at least 4 members (excludes halogenated alkanes) is 15. The van der Waals surface area contributed by atoms with Crippen molar-refractivity contribution in [2.75, 3.05) is 17.6 Å². The number of halogens is 1. The van der Waals surface area contributed by atoms with Gasteiger partial charge in [0.2, 0.25) is 0 Å². The number of amides is 1. The number of rotatable bonds is 25. The molecule has 1 amide bonds. The zero-order valence-electron chi connectivity index (χ0n) is 23.0. The molecule has 0 bridgehead atoms. The van der Waals surface area contributed by atoms with Gasteiger partial charge in [-0.05, 0) is 31.6 Å². The van der Waals surface area contributed by atoms with E-state index in [9.17, 15) is 9.59 Å². The van der Waals surface area contributed by atoms with Crippen LogP contribution in [0, 0.1) is 11.8 Å². The molecule has 0 aliphatic carbocycles. The van der Waals surface area contributed by atoms with Crippen molar-refractivity contribution in [1.29, 1.82) is 0 Å². The Morgan fingerprint density at radius 3 is 1.86 bits per heavy atom. The highest BCUT2D eigenvalue weighted by Crippen LogP contribution is 2.40. The van der Waals surface area contributed by atoms with Crippen LogP contribution in [0.1, 0.15) is 135 Å². The molecular weight excluding hydrogens is 538 g/mol. The summed E-state index contributed by atoms with van der Waals surface area (Å²) in [6, 6.07) is 0. The van der Waals surface area contributed by atoms with Gasteiger partial charge in [0, 0.05) is 30.0 Å². The van der Waals surface area contributed by atoms with E-state index >= 15 is 0 Å². The van der Waals surface area contributed by atoms with Crippen LogP contribution in [0.15, 0.2) is 0 Å². The summed E-state index contributed by atoms with van der Waals surface area (Å²) in [7, 11) is 0. The van der Waals surface area contributed by atoms with Gasteiger partial charge in [0.05, 0.1) is 0 Å². The number of carbonyl (C=O) groups is 2. The van der Waals surface area contributed by atoms with Crippen LogP contribution in [0.4, 0.5) is 4.79 Å². The quantitative estimate of drug-likeness (QED) is 0.0816. The van der Waals surface area contributed by atoms with E-state index in [4.69, 9.17) is 9.84 Å². The normalized spacial score (nSPS) is 17.9. The molecule has 1 aliphatic heterocycles. The van der Waals surface area contributed by atoms with Crippen molar-refractivity contribution < 1.29 is 19.4 Å². The molecule has 3 unspecified atom stereocenters. The highest BCUT2D eigenvalue weighted by molar-refractivity contribution is 9.09. The van der Waals surface area contributed by atoms with Crippen LogP contribution in [0.2, 0.25) is 0 Å². The maximum Gasteiger partial charge on any atom is 0.408 e. The number of carbonyl (C=O) groups excluding carboxylic acids is 1. The first-order valence-corrected chi connectivity index (χ1v) is 17.1. The van der Waals surface area contributed by atoms with Crippen LogP contribution in [0.25, 0.3) is 0 Å². The SMILES string of the molecule is CCCCCCCCCCCCCCCCCCNC(=O)OC1SCC1CC(CCCBr)CC(=O)O. The smallest absolute Gasteiger partial charge is 0.408 e. The summed E-state index contributed by atoms with van der Waals surface area (Å²) in [5, 5.41) is 13.0. The highest BCUT2D eigenvalue weighted by Gasteiger charge is 2.36. The van der Waals surface area contributed by atoms with Gasteiger partial charge in [0.15, 0.2) is 5.44 Å². The molecule has 5 nitrogen and oxygen atoms in total. The molecule has 1 fully saturated rings. The first kappa shape index (κ1) is 33.6. The van der Waals surface area contributed by atoms with E-state index in [2.05, 4.69) is 28.2 Å². The lowest BCUT2D eigenvalue weighted by atomic mass is 9.89. The molecule has 1 rings (SSSR count). The summed E-state index contributed by atoms with van der Waals surface area (Å²) >= 11 is 5.08. The number of alkyl carbamates (subject to hydrolysis) is 1. The minimum atomic E-state index is -0.740. The lowest BCUT2D eigenvalue weighted by Gasteiger charge is -2.37. The van der Waals surface area contributed by atoms with Gasteiger partial charge >= 0.3 is 12.1 Å². The monoisotopic (exact) mass is 591 g/mol. The minimum absolute atomic E-state index is 0.129. The van der Waals surface area contributed by atoms with E-state index in [0.29, 0.717) is 6.54 Å². The number of hydrogen-bond acceptors (Lipinski definition) is 4. The summed E-state index contributed by atoms with van der Waals surface area (Å²) in [5.74, 6) is 0.637. The fourth-order valence-corrected chi connectivity index (χ4v) is 6.32. The Balaban J connectivity index is 1.92. The summed E-state index contributed by atoms with van der Waals surface area (Å²) < 4.78 is 5.59. The third-order valence-electron chi connectivity index (χ3n) is 7.23. The maximum absolute atomic E-state index is 12.1. The molecule has 2 N–H and O–H groups in total. The van der Waals surface area contributed by atoms with Crippen LogP contribution >= 0.6 is 27.7 Å². The predicted octanol–water partition coefficient (Wildman–Crippen LogP) is 9.32. The number of thioether (sulfide) groups is 1. The molecule has 0 aromatic carbocycles. The first-order chi connectivity index (χ1) is 17.6. The van der Waals surface area contributed by atoms with Crippen LogP contribution in [0.3, 0.4) is 0 Å². The fourth-order valence-electron chi connectivity index (χ4n) is 4.98. The molecule has 0 aromatic rings. The Morgan fingerprint density at radius 2 is 1.42 bits per heavy atom. The lowest BCUT2D eigenvalue weighted by molar-refractivity contribution is -0.138. The second-order valence-electron chi connectivity index (χ2n) is 10.6. The summed E-state index contributed by atoms with van der Waals surface area (Å²) in [4.78, 5) is 23.3. The van der Waals surface area contributed by atoms with E-state index in [1.54, 1.807) is 11.8 Å². The number of hydrogen-bond donors (Lipinski definition) is 2. The Labute approximate surface area is 234 Å². The molecule has 36 heavy (non-hydrogen) atoms. The molecule has 1 saturated heterocycles. The van der Waals surface area contributed by atoms with Gasteiger partial charge in [-0.25, -0.2) is 4.79 Å². The van der Waals surface area contributed by atoms with E-state index in [-0.39, 0.29) is 29.8 Å². The van der Waals surface area contributed by atoms with Crippen LogP contribution in [0.5, 0.6) is 0 Å². The first-order valence-electron chi connectivity index (χ1n) is 14.9. The summed E-state index contributed by atoms with van der Waals surface area (Å²) in [6.45, 7) is 2.95. The Hall–Kier alpha value is -0.430. The van der Waals surface area contributed by atoms with Crippen LogP contribution in [-0.2, 0) is 9.53 Å². The van der Waals surface area contributed by atoms with E-state index in [1.807, 2.05) is 0 Å². The minimum Gasteiger partial charge on any atom is -0.481 e. The van der Waals surface area contributed by atoms with Crippen molar-refractivity contribution in [3.63, 3.8) is 0 Å². The van der Waals surface area contributed by atoms with Crippen molar-refractivity contribution >= 4 is 39.8 Å². The van der Waals surface area contributed by atoms with Crippen molar-refractivity contribution in [3.8, 4) is 0 Å². The Bertz CT molecular complexity index is 551. The molecule has 7 heteroatoms. The standard InChI is InChI=1S/C29H54BrNO4S/c1-2-3-4-5-6-7-8-9-10-11-12-13-14-15-16-17-21-31-29(34)35-28-26(24-36-28)22-25(19-18-20-30)23-27(32)33/h25-26,28H,2-24H2,1H3,(H,31,34)(H,32,33). The van der Waals surface area contributed by atoms with Gasteiger partial charge in [0.1, 0.15) is 0 Å². The zero-order valence-corrected chi connectivity index (χ0v) is 25.4. The number of alkyl halides is 1. The molecule has 1 heterocycles. The Kier molecular flexibility index (Phi) is 22.1. The third-order valence-corrected chi connectivity index (χ3v) is 9.22. The van der Waals surface area contributed by atoms with Gasteiger partial charge in [-0.3, -0.25) is 4.79 Å². The molecule has 0 spiro atoms. The third kappa shape index (κ3) is 18.8. The van der Waals surface area contributed by atoms with Gasteiger partial charge < -0.3 is 15.2 Å². The number of aliphatic carboxylic acids is 1. The zero-order chi connectivity index (χ0) is 26.3. The average molecular weight is 593 g/mol. The number of nitrogens with one attached hydrogen (secondary N) is 1. The lowest BCUT2D eigenvalue weighted by Crippen LogP contribution is -2.39. The molecular formula is C29H54BrNO4S. The van der Waals surface area contributed by atoms with Gasteiger partial charge in [-0.15, -0.1) is 11.8 Å². The molecule has 0 saturated carbocycles. The van der Waals surface area contributed by atoms with Gasteiger partial charge in [-0.2, -0.15) is 0 Å². The number of carboxylic acids is 1. The van der Waals surface area contributed by atoms with Crippen molar-refractivity contribution in [1.82, 2.24) is 5.32 Å². The molecule has 212 valence electrons. The molecule has 0 aromatic heterocycles. The number of carboxylic acid groups (broad SMARTS) is 1. The van der Waals surface area contributed by atoms with Crippen LogP contribution < -0.4 is 5.32 Å². The molecule has 1 aliphatic rings. The second kappa shape index (κ2) is 23.7. The number of ether oxygens (including phenoxy) is 1. The van der Waals surface area contributed by atoms with Gasteiger partial charge in [-0.1, -0.05) is 119 Å². The van der Waals surface area contributed by atoms with Crippen molar-refractivity contribution in [3.05, 3.63) is 0 Å². The van der Waals surface area contributed by atoms with E-state index in [0.717, 1.165) is 43.2 Å². The Morgan fingerprint density at radius 1 is 0.889 bits per heavy atom. The highest BCUT2D eigenvalue weighted by atomic mass is 79.9. The predicted molar refractivity (Wildman–Crippen MR) is 157 cm³/mol. The largest absolute Gasteiger partial charge is 0.481 e. The van der Waals surface area contributed by atoms with Crippen LogP contribution in [-0.4, -0.2) is 40.2 Å². The van der Waals surface area contributed by atoms with Crippen molar-refractivity contribution in [2.45, 2.75) is 141 Å². The molecule has 3 atom stereocenters. The van der Waals surface area contributed by atoms with E-state index in [1.165, 1.54) is 89.9 Å². The fraction of sp³-hybridized carbons (Fsp3) is 0.931. The topological polar surface area (TPSA) is 75.6 Å². The van der Waals surface area contributed by atoms with Crippen molar-refractivity contribution in [2.24, 2.45) is 11.8 Å². The van der Waals surface area contributed by atoms with E-state index < -0.39 is 5.97 Å².